The number of Topliss-reactive ketones (excluding diaryl/α,β-unsaturated/α-hetero) is 1. The summed E-state index contributed by atoms with van der Waals surface area (Å²) in [5.74, 6) is -1.77. The summed E-state index contributed by atoms with van der Waals surface area (Å²) in [6, 6.07) is 11.0. The van der Waals surface area contributed by atoms with Crippen LogP contribution in [0.2, 0.25) is 0 Å². The molecule has 24 heavy (non-hydrogen) atoms. The van der Waals surface area contributed by atoms with Crippen LogP contribution in [-0.2, 0) is 0 Å². The van der Waals surface area contributed by atoms with Gasteiger partial charge in [0.15, 0.2) is 11.7 Å². The molecule has 0 fully saturated rings. The molecule has 2 aromatic heterocycles. The third-order valence-electron chi connectivity index (χ3n) is 2.96. The maximum absolute atomic E-state index is 12.3. The summed E-state index contributed by atoms with van der Waals surface area (Å²) in [4.78, 5) is 24.3. The Labute approximate surface area is 140 Å². The number of nitrogen functional groups attached to an aromatic ring is 1. The topological polar surface area (TPSA) is 143 Å². The number of aromatic nitrogens is 5. The number of nitrogens with one attached hydrogen (secondary N) is 1. The zero-order valence-electron chi connectivity index (χ0n) is 12.1. The molecule has 0 spiro atoms. The molecule has 2 heterocycles. The highest BCUT2D eigenvalue weighted by Gasteiger charge is 2.27. The van der Waals surface area contributed by atoms with Crippen LogP contribution in [0.25, 0.3) is 0 Å². The fraction of sp³-hybridized carbons (Fsp3) is 0.0714. The monoisotopic (exact) mass is 338 g/mol. The minimum atomic E-state index is -1.24. The van der Waals surface area contributed by atoms with Gasteiger partial charge >= 0.3 is 0 Å². The van der Waals surface area contributed by atoms with Crippen molar-refractivity contribution in [3.8, 4) is 6.07 Å². The number of carbonyl (C=O) groups is 1. The SMILES string of the molecule is N#CC(C(=O)c1cnsn1)c1nc(N)nc(Nc2ccccc2)n1. The standard InChI is InChI=1S/C14H10N8OS/c15-6-9(11(23)10-7-17-24-22-10)12-19-13(16)21-14(20-12)18-8-4-2-1-3-5-8/h1-5,7,9H,(H3,16,18,19,20,21). The molecule has 3 N–H and O–H groups in total. The van der Waals surface area contributed by atoms with E-state index in [-0.39, 0.29) is 23.4 Å². The Hall–Kier alpha value is -3.45. The van der Waals surface area contributed by atoms with E-state index < -0.39 is 11.7 Å². The first-order valence-corrected chi connectivity index (χ1v) is 7.45. The van der Waals surface area contributed by atoms with Crippen LogP contribution in [0.1, 0.15) is 22.2 Å². The minimum Gasteiger partial charge on any atom is -0.368 e. The molecule has 0 saturated heterocycles. The van der Waals surface area contributed by atoms with Gasteiger partial charge in [0, 0.05) is 5.69 Å². The van der Waals surface area contributed by atoms with Crippen molar-refractivity contribution in [1.82, 2.24) is 23.7 Å². The van der Waals surface area contributed by atoms with Gasteiger partial charge in [-0.3, -0.25) is 4.79 Å². The molecule has 0 saturated carbocycles. The molecule has 0 aliphatic rings. The molecule has 3 rings (SSSR count). The molecule has 1 atom stereocenters. The predicted molar refractivity (Wildman–Crippen MR) is 86.6 cm³/mol. The molecule has 0 aliphatic heterocycles. The van der Waals surface area contributed by atoms with E-state index in [1.165, 1.54) is 6.20 Å². The third kappa shape index (κ3) is 3.31. The van der Waals surface area contributed by atoms with E-state index in [4.69, 9.17) is 5.73 Å². The summed E-state index contributed by atoms with van der Waals surface area (Å²) in [6.45, 7) is 0. The van der Waals surface area contributed by atoms with Crippen LogP contribution in [0.5, 0.6) is 0 Å². The van der Waals surface area contributed by atoms with Crippen LogP contribution in [0.15, 0.2) is 36.5 Å². The number of benzene rings is 1. The van der Waals surface area contributed by atoms with E-state index in [2.05, 4.69) is 29.0 Å². The number of nitrogens with two attached hydrogens (primary N) is 1. The molecular weight excluding hydrogens is 328 g/mol. The van der Waals surface area contributed by atoms with Gasteiger partial charge < -0.3 is 11.1 Å². The molecule has 0 aliphatic carbocycles. The van der Waals surface area contributed by atoms with Crippen molar-refractivity contribution in [2.45, 2.75) is 5.92 Å². The average molecular weight is 338 g/mol. The maximum atomic E-state index is 12.3. The maximum Gasteiger partial charge on any atom is 0.232 e. The summed E-state index contributed by atoms with van der Waals surface area (Å²) in [6.07, 6.45) is 1.30. The van der Waals surface area contributed by atoms with E-state index >= 15 is 0 Å². The molecule has 0 radical (unpaired) electrons. The largest absolute Gasteiger partial charge is 0.368 e. The lowest BCUT2D eigenvalue weighted by Crippen LogP contribution is -2.17. The number of para-hydroxylation sites is 1. The van der Waals surface area contributed by atoms with Crippen LogP contribution < -0.4 is 11.1 Å². The van der Waals surface area contributed by atoms with E-state index in [0.717, 1.165) is 17.4 Å². The van der Waals surface area contributed by atoms with E-state index in [9.17, 15) is 10.1 Å². The van der Waals surface area contributed by atoms with Crippen molar-refractivity contribution in [2.24, 2.45) is 0 Å². The highest BCUT2D eigenvalue weighted by atomic mass is 32.1. The summed E-state index contributed by atoms with van der Waals surface area (Å²) in [7, 11) is 0. The third-order valence-corrected chi connectivity index (χ3v) is 3.44. The number of hydrogen-bond donors (Lipinski definition) is 2. The van der Waals surface area contributed by atoms with Crippen molar-refractivity contribution in [3.05, 3.63) is 48.0 Å². The number of ketones is 1. The van der Waals surface area contributed by atoms with Gasteiger partial charge in [-0.2, -0.15) is 29.0 Å². The van der Waals surface area contributed by atoms with Gasteiger partial charge in [0.2, 0.25) is 17.7 Å². The van der Waals surface area contributed by atoms with Gasteiger partial charge in [-0.25, -0.2) is 0 Å². The molecule has 1 unspecified atom stereocenters. The van der Waals surface area contributed by atoms with Gasteiger partial charge in [-0.15, -0.1) is 0 Å². The Kier molecular flexibility index (Phi) is 4.35. The van der Waals surface area contributed by atoms with Crippen molar-refractivity contribution < 1.29 is 4.79 Å². The van der Waals surface area contributed by atoms with Crippen LogP contribution in [0, 0.1) is 11.3 Å². The van der Waals surface area contributed by atoms with Gasteiger partial charge in [0.25, 0.3) is 0 Å². The fourth-order valence-corrected chi connectivity index (χ4v) is 2.32. The smallest absolute Gasteiger partial charge is 0.232 e. The van der Waals surface area contributed by atoms with Gasteiger partial charge in [0.1, 0.15) is 5.69 Å². The molecule has 1 aromatic carbocycles. The molecule has 0 bridgehead atoms. The number of hydrogen-bond acceptors (Lipinski definition) is 10. The number of anilines is 3. The first-order valence-electron chi connectivity index (χ1n) is 6.72. The van der Waals surface area contributed by atoms with Crippen LogP contribution in [0.4, 0.5) is 17.6 Å². The lowest BCUT2D eigenvalue weighted by atomic mass is 10.0. The van der Waals surface area contributed by atoms with Gasteiger partial charge in [0.05, 0.1) is 24.0 Å². The first-order chi connectivity index (χ1) is 11.7. The minimum absolute atomic E-state index is 0.0403. The van der Waals surface area contributed by atoms with E-state index in [0.29, 0.717) is 0 Å². The molecule has 0 amide bonds. The van der Waals surface area contributed by atoms with Crippen LogP contribution in [0.3, 0.4) is 0 Å². The average Bonchev–Trinajstić information content (AvgIpc) is 3.10. The summed E-state index contributed by atoms with van der Waals surface area (Å²) >= 11 is 0.879. The van der Waals surface area contributed by atoms with E-state index in [1.54, 1.807) is 0 Å². The molecule has 118 valence electrons. The molecule has 9 nitrogen and oxygen atoms in total. The fourth-order valence-electron chi connectivity index (χ4n) is 1.90. The number of rotatable bonds is 5. The Morgan fingerprint density at radius 2 is 2.04 bits per heavy atom. The molecular formula is C14H10N8OS. The molecule has 10 heteroatoms. The lowest BCUT2D eigenvalue weighted by molar-refractivity contribution is 0.0972. The molecule has 3 aromatic rings. The predicted octanol–water partition coefficient (Wildman–Crippen LogP) is 1.54. The lowest BCUT2D eigenvalue weighted by Gasteiger charge is -2.09. The Balaban J connectivity index is 1.92. The number of nitriles is 1. The quantitative estimate of drug-likeness (QED) is 0.662. The van der Waals surface area contributed by atoms with Crippen molar-refractivity contribution in [1.29, 1.82) is 5.26 Å². The van der Waals surface area contributed by atoms with Crippen molar-refractivity contribution in [2.75, 3.05) is 11.1 Å². The van der Waals surface area contributed by atoms with E-state index in [1.807, 2.05) is 36.4 Å². The zero-order valence-corrected chi connectivity index (χ0v) is 12.9. The Morgan fingerprint density at radius 3 is 2.71 bits per heavy atom. The second kappa shape index (κ2) is 6.76. The summed E-state index contributed by atoms with van der Waals surface area (Å²) < 4.78 is 7.59. The highest BCUT2D eigenvalue weighted by molar-refractivity contribution is 6.99. The second-order valence-corrected chi connectivity index (χ2v) is 5.14. The Morgan fingerprint density at radius 1 is 1.25 bits per heavy atom. The van der Waals surface area contributed by atoms with Crippen LogP contribution in [-0.4, -0.2) is 29.5 Å². The van der Waals surface area contributed by atoms with Crippen LogP contribution >= 0.6 is 11.7 Å². The highest BCUT2D eigenvalue weighted by Crippen LogP contribution is 2.20. The summed E-state index contributed by atoms with van der Waals surface area (Å²) in [5, 5.41) is 12.3. The van der Waals surface area contributed by atoms with Crippen molar-refractivity contribution in [3.63, 3.8) is 0 Å². The van der Waals surface area contributed by atoms with Gasteiger partial charge in [-0.1, -0.05) is 18.2 Å². The second-order valence-electron chi connectivity index (χ2n) is 4.59. The summed E-state index contributed by atoms with van der Waals surface area (Å²) in [5.41, 5.74) is 6.50. The Bertz CT molecular complexity index is 891. The zero-order chi connectivity index (χ0) is 16.9. The van der Waals surface area contributed by atoms with Gasteiger partial charge in [-0.05, 0) is 12.1 Å². The number of nitrogens with zero attached hydrogens (tertiary/aromatic N) is 6. The number of carbonyl (C=O) groups excluding carboxylic acids is 1. The first kappa shape index (κ1) is 15.4. The van der Waals surface area contributed by atoms with Crippen molar-refractivity contribution >= 4 is 35.1 Å². The normalized spacial score (nSPS) is 11.5.